The summed E-state index contributed by atoms with van der Waals surface area (Å²) < 4.78 is 6.46. The van der Waals surface area contributed by atoms with Crippen molar-refractivity contribution in [2.24, 2.45) is 0 Å². The van der Waals surface area contributed by atoms with Crippen LogP contribution in [0.3, 0.4) is 0 Å². The second kappa shape index (κ2) is 9.41. The fourth-order valence-electron chi connectivity index (χ4n) is 4.02. The van der Waals surface area contributed by atoms with E-state index in [1.54, 1.807) is 37.3 Å². The van der Waals surface area contributed by atoms with Crippen molar-refractivity contribution in [2.45, 2.75) is 13.3 Å². The van der Waals surface area contributed by atoms with Gasteiger partial charge in [-0.15, -0.1) is 0 Å². The third-order valence-corrected chi connectivity index (χ3v) is 5.76. The number of benzene rings is 2. The van der Waals surface area contributed by atoms with Gasteiger partial charge in [0.25, 0.3) is 11.8 Å². The van der Waals surface area contributed by atoms with Crippen molar-refractivity contribution < 1.29 is 23.9 Å². The van der Waals surface area contributed by atoms with Crippen LogP contribution in [0, 0.1) is 0 Å². The normalized spacial score (nSPS) is 12.6. The molecule has 180 valence electrons. The molecule has 0 unspecified atom stereocenters. The molecule has 2 aromatic carbocycles. The SMILES string of the molecule is CCOC(=O)c1cnn(-c2ccc3ccccc3n2)c1NC(=O)CCN1C(=O)c2ccccc2C1=O. The Labute approximate surface area is 205 Å². The molecular weight excluding hydrogens is 462 g/mol. The number of imide groups is 1. The summed E-state index contributed by atoms with van der Waals surface area (Å²) in [6.07, 6.45) is 1.12. The lowest BCUT2D eigenvalue weighted by atomic mass is 10.1. The van der Waals surface area contributed by atoms with Gasteiger partial charge in [0.2, 0.25) is 5.91 Å². The third kappa shape index (κ3) is 4.09. The van der Waals surface area contributed by atoms with Gasteiger partial charge in [0.05, 0.1) is 29.4 Å². The molecule has 4 aromatic rings. The lowest BCUT2D eigenvalue weighted by Gasteiger charge is -2.14. The largest absolute Gasteiger partial charge is 0.462 e. The average molecular weight is 483 g/mol. The summed E-state index contributed by atoms with van der Waals surface area (Å²) in [4.78, 5) is 56.2. The smallest absolute Gasteiger partial charge is 0.343 e. The van der Waals surface area contributed by atoms with Crippen LogP contribution < -0.4 is 5.32 Å². The monoisotopic (exact) mass is 483 g/mol. The van der Waals surface area contributed by atoms with Crippen LogP contribution in [0.4, 0.5) is 5.82 Å². The number of hydrogen-bond donors (Lipinski definition) is 1. The standard InChI is InChI=1S/C26H21N5O5/c1-2-36-26(35)19-15-27-31(21-12-11-16-7-3-6-10-20(16)28-21)23(19)29-22(32)13-14-30-24(33)17-8-4-5-9-18(17)25(30)34/h3-12,15H,2,13-14H2,1H3,(H,29,32). The minimum absolute atomic E-state index is 0.0564. The maximum Gasteiger partial charge on any atom is 0.343 e. The lowest BCUT2D eigenvalue weighted by Crippen LogP contribution is -2.33. The Kier molecular flexibility index (Phi) is 5.99. The molecule has 36 heavy (non-hydrogen) atoms. The zero-order valence-corrected chi connectivity index (χ0v) is 19.3. The molecule has 1 aliphatic heterocycles. The molecule has 10 nitrogen and oxygen atoms in total. The molecule has 0 radical (unpaired) electrons. The van der Waals surface area contributed by atoms with Crippen LogP contribution in [-0.4, -0.2) is 56.5 Å². The molecule has 5 rings (SSSR count). The van der Waals surface area contributed by atoms with E-state index in [4.69, 9.17) is 4.74 Å². The van der Waals surface area contributed by atoms with E-state index < -0.39 is 23.7 Å². The summed E-state index contributed by atoms with van der Waals surface area (Å²) in [7, 11) is 0. The molecule has 1 aliphatic rings. The number of hydrogen-bond acceptors (Lipinski definition) is 7. The van der Waals surface area contributed by atoms with E-state index >= 15 is 0 Å². The van der Waals surface area contributed by atoms with Crippen molar-refractivity contribution in [3.05, 3.63) is 83.6 Å². The van der Waals surface area contributed by atoms with Crippen LogP contribution in [0.25, 0.3) is 16.7 Å². The van der Waals surface area contributed by atoms with E-state index in [1.165, 1.54) is 10.9 Å². The number of para-hydroxylation sites is 1. The van der Waals surface area contributed by atoms with Crippen LogP contribution in [0.2, 0.25) is 0 Å². The molecule has 1 N–H and O–H groups in total. The third-order valence-electron chi connectivity index (χ3n) is 5.76. The van der Waals surface area contributed by atoms with Gasteiger partial charge < -0.3 is 10.1 Å². The number of esters is 1. The highest BCUT2D eigenvalue weighted by molar-refractivity contribution is 6.21. The van der Waals surface area contributed by atoms with Crippen LogP contribution in [0.15, 0.2) is 66.9 Å². The zero-order valence-electron chi connectivity index (χ0n) is 19.3. The van der Waals surface area contributed by atoms with Gasteiger partial charge in [-0.2, -0.15) is 9.78 Å². The summed E-state index contributed by atoms with van der Waals surface area (Å²) in [6, 6.07) is 17.6. The number of carbonyl (C=O) groups excluding carboxylic acids is 4. The molecular formula is C26H21N5O5. The zero-order chi connectivity index (χ0) is 25.2. The molecule has 0 saturated carbocycles. The van der Waals surface area contributed by atoms with Crippen molar-refractivity contribution in [2.75, 3.05) is 18.5 Å². The van der Waals surface area contributed by atoms with E-state index in [-0.39, 0.29) is 31.0 Å². The minimum atomic E-state index is -0.653. The second-order valence-electron chi connectivity index (χ2n) is 8.01. The van der Waals surface area contributed by atoms with Crippen molar-refractivity contribution in [1.82, 2.24) is 19.7 Å². The maximum absolute atomic E-state index is 12.9. The molecule has 0 saturated heterocycles. The highest BCUT2D eigenvalue weighted by Gasteiger charge is 2.35. The first-order valence-electron chi connectivity index (χ1n) is 11.3. The molecule has 3 amide bonds. The van der Waals surface area contributed by atoms with E-state index in [2.05, 4.69) is 15.4 Å². The quantitative estimate of drug-likeness (QED) is 0.316. The van der Waals surface area contributed by atoms with Crippen LogP contribution >= 0.6 is 0 Å². The summed E-state index contributed by atoms with van der Waals surface area (Å²) in [5, 5.41) is 7.87. The van der Waals surface area contributed by atoms with E-state index in [0.29, 0.717) is 22.5 Å². The first kappa shape index (κ1) is 22.9. The number of ether oxygens (including phenoxy) is 1. The molecule has 0 bridgehead atoms. The second-order valence-corrected chi connectivity index (χ2v) is 8.01. The molecule has 3 heterocycles. The number of nitrogens with zero attached hydrogens (tertiary/aromatic N) is 4. The fraction of sp³-hybridized carbons (Fsp3) is 0.154. The molecule has 0 spiro atoms. The van der Waals surface area contributed by atoms with Gasteiger partial charge in [0, 0.05) is 18.4 Å². The number of aromatic nitrogens is 3. The van der Waals surface area contributed by atoms with Gasteiger partial charge >= 0.3 is 5.97 Å². The van der Waals surface area contributed by atoms with Gasteiger partial charge in [0.1, 0.15) is 5.56 Å². The Hall–Kier alpha value is -4.86. The van der Waals surface area contributed by atoms with Gasteiger partial charge in [-0.1, -0.05) is 30.3 Å². The summed E-state index contributed by atoms with van der Waals surface area (Å²) >= 11 is 0. The Balaban J connectivity index is 1.39. The first-order chi connectivity index (χ1) is 17.5. The number of pyridine rings is 1. The number of anilines is 1. The van der Waals surface area contributed by atoms with Gasteiger partial charge in [-0.05, 0) is 37.3 Å². The molecule has 0 atom stereocenters. The van der Waals surface area contributed by atoms with Crippen molar-refractivity contribution >= 4 is 40.4 Å². The predicted molar refractivity (Wildman–Crippen MR) is 130 cm³/mol. The summed E-state index contributed by atoms with van der Waals surface area (Å²) in [6.45, 7) is 1.70. The Morgan fingerprint density at radius 1 is 0.944 bits per heavy atom. The van der Waals surface area contributed by atoms with Crippen molar-refractivity contribution in [3.63, 3.8) is 0 Å². The first-order valence-corrected chi connectivity index (χ1v) is 11.3. The average Bonchev–Trinajstić information content (AvgIpc) is 3.41. The number of amides is 3. The Morgan fingerprint density at radius 2 is 1.64 bits per heavy atom. The highest BCUT2D eigenvalue weighted by Crippen LogP contribution is 2.24. The number of nitrogens with one attached hydrogen (secondary N) is 1. The van der Waals surface area contributed by atoms with E-state index in [0.717, 1.165) is 10.3 Å². The van der Waals surface area contributed by atoms with Gasteiger partial charge in [0.15, 0.2) is 11.6 Å². The molecule has 0 fully saturated rings. The topological polar surface area (TPSA) is 123 Å². The van der Waals surface area contributed by atoms with Crippen LogP contribution in [0.1, 0.15) is 44.4 Å². The minimum Gasteiger partial charge on any atom is -0.462 e. The lowest BCUT2D eigenvalue weighted by molar-refractivity contribution is -0.116. The van der Waals surface area contributed by atoms with Gasteiger partial charge in [-0.25, -0.2) is 9.78 Å². The van der Waals surface area contributed by atoms with Crippen LogP contribution in [0.5, 0.6) is 0 Å². The Bertz CT molecular complexity index is 1490. The predicted octanol–water partition coefficient (Wildman–Crippen LogP) is 3.22. The van der Waals surface area contributed by atoms with Gasteiger partial charge in [-0.3, -0.25) is 19.3 Å². The number of fused-ring (bicyclic) bond motifs is 2. The molecule has 2 aromatic heterocycles. The summed E-state index contributed by atoms with van der Waals surface area (Å²) in [5.74, 6) is -1.58. The van der Waals surface area contributed by atoms with E-state index in [9.17, 15) is 19.2 Å². The number of carbonyl (C=O) groups is 4. The highest BCUT2D eigenvalue weighted by atomic mass is 16.5. The van der Waals surface area contributed by atoms with Crippen molar-refractivity contribution in [1.29, 1.82) is 0 Å². The van der Waals surface area contributed by atoms with Crippen LogP contribution in [-0.2, 0) is 9.53 Å². The number of rotatable bonds is 7. The summed E-state index contributed by atoms with van der Waals surface area (Å²) in [5.41, 5.74) is 1.40. The van der Waals surface area contributed by atoms with E-state index in [1.807, 2.05) is 30.3 Å². The fourth-order valence-corrected chi connectivity index (χ4v) is 4.02. The Morgan fingerprint density at radius 3 is 2.36 bits per heavy atom. The maximum atomic E-state index is 12.9. The molecule has 10 heteroatoms. The van der Waals surface area contributed by atoms with Crippen molar-refractivity contribution in [3.8, 4) is 5.82 Å². The molecule has 0 aliphatic carbocycles.